The Hall–Kier alpha value is -0.570. The highest BCUT2D eigenvalue weighted by Gasteiger charge is 2.59. The first kappa shape index (κ1) is 20.7. The monoisotopic (exact) mass is 388 g/mol. The summed E-state index contributed by atoms with van der Waals surface area (Å²) in [7, 11) is 4.15. The summed E-state index contributed by atoms with van der Waals surface area (Å²) in [5, 5.41) is 4.32. The number of hydrogen-bond donors (Lipinski definition) is 0. The molecule has 28 heavy (non-hydrogen) atoms. The Bertz CT molecular complexity index is 575. The van der Waals surface area contributed by atoms with Crippen molar-refractivity contribution in [1.82, 2.24) is 4.90 Å². The first-order valence-electron chi connectivity index (χ1n) is 12.1. The van der Waals surface area contributed by atoms with Gasteiger partial charge in [-0.25, -0.2) is 0 Å². The fraction of sp³-hybridized carbons (Fsp3) is 0.960. The number of fused-ring (bicyclic) bond motifs is 5. The van der Waals surface area contributed by atoms with Gasteiger partial charge in [0.15, 0.2) is 0 Å². The number of oxime groups is 1. The molecular weight excluding hydrogens is 344 g/mol. The Morgan fingerprint density at radius 1 is 0.964 bits per heavy atom. The molecule has 0 aromatic rings. The molecule has 3 nitrogen and oxygen atoms in total. The van der Waals surface area contributed by atoms with Gasteiger partial charge in [0.1, 0.15) is 6.61 Å². The van der Waals surface area contributed by atoms with Crippen LogP contribution in [0.1, 0.15) is 78.6 Å². The average molecular weight is 389 g/mol. The van der Waals surface area contributed by atoms with Crippen molar-refractivity contribution in [3.63, 3.8) is 0 Å². The van der Waals surface area contributed by atoms with Gasteiger partial charge >= 0.3 is 0 Å². The Labute approximate surface area is 173 Å². The molecule has 8 atom stereocenters. The second-order valence-corrected chi connectivity index (χ2v) is 11.6. The molecule has 4 rings (SSSR count). The molecule has 0 aromatic carbocycles. The number of likely N-dealkylation sites (N-methyl/N-ethyl adjacent to an activating group) is 1. The van der Waals surface area contributed by atoms with Crippen LogP contribution in [0.5, 0.6) is 0 Å². The van der Waals surface area contributed by atoms with E-state index in [-0.39, 0.29) is 0 Å². The van der Waals surface area contributed by atoms with Crippen LogP contribution in [0.15, 0.2) is 5.16 Å². The summed E-state index contributed by atoms with van der Waals surface area (Å²) < 4.78 is 0. The summed E-state index contributed by atoms with van der Waals surface area (Å²) in [6.45, 7) is 9.49. The van der Waals surface area contributed by atoms with Crippen molar-refractivity contribution < 1.29 is 4.84 Å². The van der Waals surface area contributed by atoms with E-state index in [0.29, 0.717) is 23.4 Å². The molecular formula is C25H44N2O. The third kappa shape index (κ3) is 3.55. The average Bonchev–Trinajstić information content (AvgIpc) is 2.96. The maximum atomic E-state index is 5.49. The number of hydrogen-bond acceptors (Lipinski definition) is 3. The van der Waals surface area contributed by atoms with E-state index in [1.54, 1.807) is 0 Å². The standard InChI is InChI=1S/C25H44N2O/c1-18-6-9-22-21-8-7-20-16-19(17-26-28-15-14-27(4)5)10-12-25(20,3)23(21)11-13-24(18,22)2/h17-23H,6-16H2,1-5H3/t18-,19-,20?,21?,22?,23?,24+,25-/m0/s1. The molecule has 4 fully saturated rings. The van der Waals surface area contributed by atoms with E-state index in [2.05, 4.69) is 51.1 Å². The predicted octanol–water partition coefficient (Wildman–Crippen LogP) is 5.85. The van der Waals surface area contributed by atoms with Gasteiger partial charge in [-0.1, -0.05) is 25.9 Å². The summed E-state index contributed by atoms with van der Waals surface area (Å²) >= 11 is 0. The maximum Gasteiger partial charge on any atom is 0.129 e. The van der Waals surface area contributed by atoms with Gasteiger partial charge in [-0.15, -0.1) is 0 Å². The molecule has 0 aliphatic heterocycles. The normalized spacial score (nSPS) is 48.4. The van der Waals surface area contributed by atoms with Gasteiger partial charge in [-0.05, 0) is 118 Å². The Morgan fingerprint density at radius 3 is 2.50 bits per heavy atom. The quantitative estimate of drug-likeness (QED) is 0.335. The molecule has 0 radical (unpaired) electrons. The lowest BCUT2D eigenvalue weighted by Crippen LogP contribution is -2.53. The molecule has 0 amide bonds. The van der Waals surface area contributed by atoms with E-state index in [9.17, 15) is 0 Å². The van der Waals surface area contributed by atoms with Crippen LogP contribution in [-0.2, 0) is 4.84 Å². The fourth-order valence-corrected chi connectivity index (χ4v) is 8.09. The molecule has 0 N–H and O–H groups in total. The zero-order valence-corrected chi connectivity index (χ0v) is 19.1. The lowest BCUT2D eigenvalue weighted by molar-refractivity contribution is -0.113. The van der Waals surface area contributed by atoms with Crippen molar-refractivity contribution in [2.45, 2.75) is 78.6 Å². The van der Waals surface area contributed by atoms with Crippen molar-refractivity contribution in [2.24, 2.45) is 51.5 Å². The minimum atomic E-state index is 0.589. The van der Waals surface area contributed by atoms with Gasteiger partial charge in [-0.3, -0.25) is 0 Å². The first-order valence-corrected chi connectivity index (χ1v) is 12.1. The van der Waals surface area contributed by atoms with E-state index in [1.165, 1.54) is 57.8 Å². The molecule has 160 valence electrons. The van der Waals surface area contributed by atoms with Crippen LogP contribution in [0.3, 0.4) is 0 Å². The maximum absolute atomic E-state index is 5.49. The van der Waals surface area contributed by atoms with Gasteiger partial charge < -0.3 is 9.74 Å². The number of nitrogens with zero attached hydrogens (tertiary/aromatic N) is 2. The topological polar surface area (TPSA) is 24.8 Å². The molecule has 3 heteroatoms. The third-order valence-electron chi connectivity index (χ3n) is 10.2. The van der Waals surface area contributed by atoms with Gasteiger partial charge in [0, 0.05) is 12.8 Å². The lowest BCUT2D eigenvalue weighted by Gasteiger charge is -2.61. The van der Waals surface area contributed by atoms with Crippen LogP contribution in [-0.4, -0.2) is 38.4 Å². The second kappa shape index (κ2) is 7.93. The first-order chi connectivity index (χ1) is 13.3. The smallest absolute Gasteiger partial charge is 0.129 e. The van der Waals surface area contributed by atoms with Crippen molar-refractivity contribution in [3.8, 4) is 0 Å². The summed E-state index contributed by atoms with van der Waals surface area (Å²) in [6, 6.07) is 0. The SMILES string of the molecule is C[C@H]1CCC2C3CCC4C[C@@H](C=NOCCN(C)C)CC[C@]4(C)C3CC[C@@]21C. The number of rotatable bonds is 5. The molecule has 4 aliphatic carbocycles. The highest BCUT2D eigenvalue weighted by atomic mass is 16.6. The molecule has 4 aliphatic rings. The Balaban J connectivity index is 1.37. The van der Waals surface area contributed by atoms with Crippen molar-refractivity contribution >= 4 is 6.21 Å². The fourth-order valence-electron chi connectivity index (χ4n) is 8.09. The highest BCUT2D eigenvalue weighted by molar-refractivity contribution is 5.60. The van der Waals surface area contributed by atoms with Crippen LogP contribution >= 0.6 is 0 Å². The molecule has 0 spiro atoms. The van der Waals surface area contributed by atoms with Crippen molar-refractivity contribution in [3.05, 3.63) is 0 Å². The Kier molecular flexibility index (Phi) is 5.86. The van der Waals surface area contributed by atoms with Crippen LogP contribution in [0.25, 0.3) is 0 Å². The zero-order valence-electron chi connectivity index (χ0n) is 19.1. The van der Waals surface area contributed by atoms with E-state index < -0.39 is 0 Å². The van der Waals surface area contributed by atoms with Gasteiger partial charge in [-0.2, -0.15) is 0 Å². The van der Waals surface area contributed by atoms with E-state index in [4.69, 9.17) is 4.84 Å². The molecule has 0 bridgehead atoms. The molecule has 0 aromatic heterocycles. The van der Waals surface area contributed by atoms with Crippen molar-refractivity contribution in [2.75, 3.05) is 27.2 Å². The third-order valence-corrected chi connectivity index (χ3v) is 10.2. The van der Waals surface area contributed by atoms with Crippen molar-refractivity contribution in [1.29, 1.82) is 0 Å². The summed E-state index contributed by atoms with van der Waals surface area (Å²) in [4.78, 5) is 7.63. The molecule has 4 unspecified atom stereocenters. The predicted molar refractivity (Wildman–Crippen MR) is 117 cm³/mol. The largest absolute Gasteiger partial charge is 0.395 e. The molecule has 0 saturated heterocycles. The molecule has 4 saturated carbocycles. The Morgan fingerprint density at radius 2 is 1.71 bits per heavy atom. The lowest BCUT2D eigenvalue weighted by atomic mass is 9.44. The van der Waals surface area contributed by atoms with E-state index in [1.807, 2.05) is 0 Å². The summed E-state index contributed by atoms with van der Waals surface area (Å²) in [6.07, 6.45) is 15.2. The van der Waals surface area contributed by atoms with Gasteiger partial charge in [0.05, 0.1) is 0 Å². The van der Waals surface area contributed by atoms with Gasteiger partial charge in [0.25, 0.3) is 0 Å². The highest BCUT2D eigenvalue weighted by Crippen LogP contribution is 2.67. The molecule has 0 heterocycles. The minimum Gasteiger partial charge on any atom is -0.395 e. The van der Waals surface area contributed by atoms with E-state index >= 15 is 0 Å². The van der Waals surface area contributed by atoms with Crippen LogP contribution in [0.2, 0.25) is 0 Å². The van der Waals surface area contributed by atoms with E-state index in [0.717, 1.165) is 36.1 Å². The van der Waals surface area contributed by atoms with Crippen LogP contribution < -0.4 is 0 Å². The summed E-state index contributed by atoms with van der Waals surface area (Å²) in [5.74, 6) is 5.51. The second-order valence-electron chi connectivity index (χ2n) is 11.6. The van der Waals surface area contributed by atoms with Gasteiger partial charge in [0.2, 0.25) is 0 Å². The summed E-state index contributed by atoms with van der Waals surface area (Å²) in [5.41, 5.74) is 1.24. The zero-order chi connectivity index (χ0) is 19.9. The van der Waals surface area contributed by atoms with Crippen LogP contribution in [0.4, 0.5) is 0 Å². The minimum absolute atomic E-state index is 0.589. The van der Waals surface area contributed by atoms with Crippen LogP contribution in [0, 0.1) is 46.3 Å².